The first-order valence-corrected chi connectivity index (χ1v) is 7.27. The van der Waals surface area contributed by atoms with Crippen LogP contribution in [0.2, 0.25) is 0 Å². The monoisotopic (exact) mass is 312 g/mol. The van der Waals surface area contributed by atoms with Crippen LogP contribution in [-0.2, 0) is 0 Å². The van der Waals surface area contributed by atoms with Crippen LogP contribution in [0.4, 0.5) is 0 Å². The molecule has 0 aromatic heterocycles. The lowest BCUT2D eigenvalue weighted by Gasteiger charge is -2.31. The van der Waals surface area contributed by atoms with Crippen molar-refractivity contribution in [1.29, 1.82) is 0 Å². The maximum Gasteiger partial charge on any atom is 0.133 e. The van der Waals surface area contributed by atoms with Gasteiger partial charge in [0.1, 0.15) is 5.75 Å². The van der Waals surface area contributed by atoms with Crippen LogP contribution in [0, 0.1) is 5.92 Å². The summed E-state index contributed by atoms with van der Waals surface area (Å²) in [5.41, 5.74) is 1.32. The molecule has 0 aliphatic carbocycles. The van der Waals surface area contributed by atoms with Crippen molar-refractivity contribution in [2.24, 2.45) is 5.92 Å². The van der Waals surface area contributed by atoms with Crippen molar-refractivity contribution in [3.8, 4) is 5.75 Å². The smallest absolute Gasteiger partial charge is 0.133 e. The second-order valence-electron chi connectivity index (χ2n) is 4.77. The lowest BCUT2D eigenvalue weighted by molar-refractivity contribution is 0.298. The number of hydrogen-bond acceptors (Lipinski definition) is 3. The van der Waals surface area contributed by atoms with Crippen molar-refractivity contribution in [3.63, 3.8) is 0 Å². The Morgan fingerprint density at radius 1 is 1.50 bits per heavy atom. The van der Waals surface area contributed by atoms with Gasteiger partial charge in [0.2, 0.25) is 0 Å². The second kappa shape index (κ2) is 6.55. The van der Waals surface area contributed by atoms with Crippen LogP contribution in [0.3, 0.4) is 0 Å². The normalized spacial score (nSPS) is 21.6. The van der Waals surface area contributed by atoms with E-state index in [0.717, 1.165) is 23.3 Å². The molecule has 2 unspecified atom stereocenters. The van der Waals surface area contributed by atoms with Crippen LogP contribution >= 0.6 is 15.9 Å². The maximum atomic E-state index is 5.28. The first-order valence-electron chi connectivity index (χ1n) is 6.47. The minimum absolute atomic E-state index is 0.403. The summed E-state index contributed by atoms with van der Waals surface area (Å²) in [7, 11) is 3.73. The van der Waals surface area contributed by atoms with E-state index in [9.17, 15) is 0 Å². The van der Waals surface area contributed by atoms with Gasteiger partial charge >= 0.3 is 0 Å². The highest BCUT2D eigenvalue weighted by Gasteiger charge is 2.24. The third kappa shape index (κ3) is 3.05. The third-order valence-electron chi connectivity index (χ3n) is 3.65. The van der Waals surface area contributed by atoms with Gasteiger partial charge in [-0.2, -0.15) is 0 Å². The fraction of sp³-hybridized carbons (Fsp3) is 0.571. The summed E-state index contributed by atoms with van der Waals surface area (Å²) in [6.45, 7) is 2.24. The Morgan fingerprint density at radius 3 is 2.89 bits per heavy atom. The molecule has 1 aromatic carbocycles. The topological polar surface area (TPSA) is 33.3 Å². The standard InChI is InChI=1S/C14H21BrN2O/c1-16-14(11-4-3-7-17-9-11)10-5-6-13(18-2)12(15)8-10/h5-6,8,11,14,16-17H,3-4,7,9H2,1-2H3. The zero-order valence-corrected chi connectivity index (χ0v) is 12.6. The van der Waals surface area contributed by atoms with Crippen LogP contribution in [-0.4, -0.2) is 27.2 Å². The Bertz CT molecular complexity index is 391. The summed E-state index contributed by atoms with van der Waals surface area (Å²) in [6.07, 6.45) is 2.54. The van der Waals surface area contributed by atoms with Gasteiger partial charge in [0.05, 0.1) is 11.6 Å². The lowest BCUT2D eigenvalue weighted by atomic mass is 9.87. The average molecular weight is 313 g/mol. The van der Waals surface area contributed by atoms with Gasteiger partial charge in [-0.3, -0.25) is 0 Å². The SMILES string of the molecule is CNC(c1ccc(OC)c(Br)c1)C1CCCNC1. The molecule has 1 saturated heterocycles. The predicted molar refractivity (Wildman–Crippen MR) is 78.1 cm³/mol. The number of hydrogen-bond donors (Lipinski definition) is 2. The van der Waals surface area contributed by atoms with Gasteiger partial charge in [0.15, 0.2) is 0 Å². The van der Waals surface area contributed by atoms with E-state index in [4.69, 9.17) is 4.74 Å². The Morgan fingerprint density at radius 2 is 2.33 bits per heavy atom. The highest BCUT2D eigenvalue weighted by Crippen LogP contribution is 2.32. The summed E-state index contributed by atoms with van der Waals surface area (Å²) in [5, 5.41) is 6.93. The molecule has 0 saturated carbocycles. The van der Waals surface area contributed by atoms with Crippen LogP contribution < -0.4 is 15.4 Å². The molecule has 18 heavy (non-hydrogen) atoms. The molecule has 1 heterocycles. The number of methoxy groups -OCH3 is 1. The first-order chi connectivity index (χ1) is 8.76. The number of rotatable bonds is 4. The number of ether oxygens (including phenoxy) is 1. The molecule has 0 bridgehead atoms. The van der Waals surface area contributed by atoms with E-state index in [-0.39, 0.29) is 0 Å². The van der Waals surface area contributed by atoms with E-state index in [1.165, 1.54) is 18.4 Å². The van der Waals surface area contributed by atoms with Crippen molar-refractivity contribution in [1.82, 2.24) is 10.6 Å². The average Bonchev–Trinajstić information content (AvgIpc) is 2.41. The number of piperidine rings is 1. The Kier molecular flexibility index (Phi) is 5.03. The van der Waals surface area contributed by atoms with Gasteiger partial charge in [-0.25, -0.2) is 0 Å². The fourth-order valence-electron chi connectivity index (χ4n) is 2.71. The number of halogens is 1. The van der Waals surface area contributed by atoms with Crippen molar-refractivity contribution in [2.75, 3.05) is 27.2 Å². The van der Waals surface area contributed by atoms with E-state index < -0.39 is 0 Å². The van der Waals surface area contributed by atoms with Gasteiger partial charge in [-0.15, -0.1) is 0 Å². The molecule has 1 aliphatic rings. The molecule has 0 spiro atoms. The van der Waals surface area contributed by atoms with Crippen molar-refractivity contribution >= 4 is 15.9 Å². The Balaban J connectivity index is 2.18. The molecule has 2 atom stereocenters. The van der Waals surface area contributed by atoms with Gasteiger partial charge in [0.25, 0.3) is 0 Å². The zero-order chi connectivity index (χ0) is 13.0. The highest BCUT2D eigenvalue weighted by molar-refractivity contribution is 9.10. The van der Waals surface area contributed by atoms with Crippen LogP contribution in [0.5, 0.6) is 5.75 Å². The second-order valence-corrected chi connectivity index (χ2v) is 5.62. The summed E-state index contributed by atoms with van der Waals surface area (Å²) in [6, 6.07) is 6.74. The van der Waals surface area contributed by atoms with Crippen molar-refractivity contribution in [2.45, 2.75) is 18.9 Å². The molecule has 2 rings (SSSR count). The molecule has 1 aliphatic heterocycles. The minimum Gasteiger partial charge on any atom is -0.496 e. The quantitative estimate of drug-likeness (QED) is 0.897. The zero-order valence-electron chi connectivity index (χ0n) is 11.0. The van der Waals surface area contributed by atoms with Crippen LogP contribution in [0.25, 0.3) is 0 Å². The molecule has 0 radical (unpaired) electrons. The van der Waals surface area contributed by atoms with Crippen LogP contribution in [0.1, 0.15) is 24.4 Å². The van der Waals surface area contributed by atoms with Gasteiger partial charge in [0, 0.05) is 6.04 Å². The fourth-order valence-corrected chi connectivity index (χ4v) is 3.27. The molecule has 2 N–H and O–H groups in total. The molecule has 1 fully saturated rings. The number of nitrogens with one attached hydrogen (secondary N) is 2. The van der Waals surface area contributed by atoms with Gasteiger partial charge in [-0.1, -0.05) is 6.07 Å². The third-order valence-corrected chi connectivity index (χ3v) is 4.27. The minimum atomic E-state index is 0.403. The predicted octanol–water partition coefficient (Wildman–Crippen LogP) is 2.72. The first kappa shape index (κ1) is 13.8. The van der Waals surface area contributed by atoms with E-state index in [0.29, 0.717) is 12.0 Å². The van der Waals surface area contributed by atoms with Gasteiger partial charge < -0.3 is 15.4 Å². The molecule has 1 aromatic rings. The molecule has 0 amide bonds. The molecular weight excluding hydrogens is 292 g/mol. The van der Waals surface area contributed by atoms with Gasteiger partial charge in [-0.05, 0) is 72.5 Å². The molecular formula is C14H21BrN2O. The summed E-state index contributed by atoms with van der Waals surface area (Å²) < 4.78 is 6.30. The van der Waals surface area contributed by atoms with Crippen LogP contribution in [0.15, 0.2) is 22.7 Å². The van der Waals surface area contributed by atoms with Crippen molar-refractivity contribution in [3.05, 3.63) is 28.2 Å². The summed E-state index contributed by atoms with van der Waals surface area (Å²) >= 11 is 3.56. The Hall–Kier alpha value is -0.580. The lowest BCUT2D eigenvalue weighted by Crippen LogP contribution is -2.37. The molecule has 3 nitrogen and oxygen atoms in total. The van der Waals surface area contributed by atoms with Crippen molar-refractivity contribution < 1.29 is 4.74 Å². The molecule has 100 valence electrons. The number of benzene rings is 1. The largest absolute Gasteiger partial charge is 0.496 e. The Labute approximate surface area is 117 Å². The van der Waals surface area contributed by atoms with E-state index in [2.05, 4.69) is 38.7 Å². The van der Waals surface area contributed by atoms with E-state index in [1.807, 2.05) is 13.1 Å². The summed E-state index contributed by atoms with van der Waals surface area (Å²) in [5.74, 6) is 1.54. The van der Waals surface area contributed by atoms with E-state index in [1.54, 1.807) is 7.11 Å². The van der Waals surface area contributed by atoms with E-state index >= 15 is 0 Å². The molecule has 4 heteroatoms. The maximum absolute atomic E-state index is 5.28. The highest BCUT2D eigenvalue weighted by atomic mass is 79.9. The summed E-state index contributed by atoms with van der Waals surface area (Å²) in [4.78, 5) is 0.